The van der Waals surface area contributed by atoms with Crippen molar-refractivity contribution in [3.63, 3.8) is 0 Å². The monoisotopic (exact) mass is 253 g/mol. The molecular weight excluding hydrogens is 238 g/mol. The second-order valence-electron chi connectivity index (χ2n) is 4.41. The Hall–Kier alpha value is -1.89. The van der Waals surface area contributed by atoms with Crippen LogP contribution in [0, 0.1) is 6.92 Å². The topological polar surface area (TPSA) is 93.5 Å². The van der Waals surface area contributed by atoms with Crippen molar-refractivity contribution >= 4 is 11.9 Å². The minimum Gasteiger partial charge on any atom is -0.479 e. The third kappa shape index (κ3) is 1.97. The van der Waals surface area contributed by atoms with E-state index in [0.29, 0.717) is 17.9 Å². The van der Waals surface area contributed by atoms with E-state index in [1.807, 2.05) is 0 Å². The molecule has 1 atom stereocenters. The molecule has 1 aromatic heterocycles. The van der Waals surface area contributed by atoms with E-state index in [0.717, 1.165) is 0 Å². The molecular formula is C11H15N3O4. The van der Waals surface area contributed by atoms with Crippen molar-refractivity contribution in [2.75, 3.05) is 13.2 Å². The van der Waals surface area contributed by atoms with Crippen molar-refractivity contribution in [1.29, 1.82) is 0 Å². The second kappa shape index (κ2) is 4.41. The highest BCUT2D eigenvalue weighted by atomic mass is 16.5. The van der Waals surface area contributed by atoms with Crippen molar-refractivity contribution in [1.82, 2.24) is 15.1 Å². The van der Waals surface area contributed by atoms with Crippen LogP contribution < -0.4 is 5.32 Å². The Balaban J connectivity index is 2.20. The van der Waals surface area contributed by atoms with E-state index < -0.39 is 17.4 Å². The van der Waals surface area contributed by atoms with Gasteiger partial charge >= 0.3 is 5.97 Å². The number of hydrogen-bond acceptors (Lipinski definition) is 4. The molecule has 0 radical (unpaired) electrons. The average Bonchev–Trinajstić information content (AvgIpc) is 2.89. The Bertz CT molecular complexity index is 488. The molecule has 1 unspecified atom stereocenters. The standard InChI is InChI=1S/C11H15N3O4/c1-7-8(5-12-14(7)2)9(15)13-11(10(16)17)3-4-18-6-11/h5H,3-4,6H2,1-2H3,(H,13,15)(H,16,17). The molecule has 2 N–H and O–H groups in total. The molecule has 1 saturated heterocycles. The molecule has 0 bridgehead atoms. The fourth-order valence-corrected chi connectivity index (χ4v) is 1.89. The van der Waals surface area contributed by atoms with Gasteiger partial charge in [0, 0.05) is 25.8 Å². The summed E-state index contributed by atoms with van der Waals surface area (Å²) in [5.41, 5.74) is -0.253. The van der Waals surface area contributed by atoms with Crippen LogP contribution in [0.1, 0.15) is 22.5 Å². The summed E-state index contributed by atoms with van der Waals surface area (Å²) >= 11 is 0. The molecule has 1 aromatic rings. The largest absolute Gasteiger partial charge is 0.479 e. The lowest BCUT2D eigenvalue weighted by Gasteiger charge is -2.23. The van der Waals surface area contributed by atoms with Gasteiger partial charge in [-0.05, 0) is 6.92 Å². The van der Waals surface area contributed by atoms with E-state index in [1.165, 1.54) is 6.20 Å². The fraction of sp³-hybridized carbons (Fsp3) is 0.545. The number of carbonyl (C=O) groups is 2. The molecule has 18 heavy (non-hydrogen) atoms. The van der Waals surface area contributed by atoms with Gasteiger partial charge in [-0.25, -0.2) is 4.79 Å². The zero-order chi connectivity index (χ0) is 13.3. The third-order valence-electron chi connectivity index (χ3n) is 3.26. The summed E-state index contributed by atoms with van der Waals surface area (Å²) in [4.78, 5) is 23.3. The van der Waals surface area contributed by atoms with Crippen molar-refractivity contribution in [3.8, 4) is 0 Å². The van der Waals surface area contributed by atoms with Crippen LogP contribution in [0.3, 0.4) is 0 Å². The Morgan fingerprint density at radius 3 is 2.78 bits per heavy atom. The van der Waals surface area contributed by atoms with Gasteiger partial charge in [-0.15, -0.1) is 0 Å². The molecule has 7 nitrogen and oxygen atoms in total. The minimum atomic E-state index is -1.32. The number of nitrogens with one attached hydrogen (secondary N) is 1. The summed E-state index contributed by atoms with van der Waals surface area (Å²) in [6.07, 6.45) is 1.70. The van der Waals surface area contributed by atoms with E-state index in [4.69, 9.17) is 4.74 Å². The number of aliphatic carboxylic acids is 1. The molecule has 98 valence electrons. The number of nitrogens with zero attached hydrogens (tertiary/aromatic N) is 2. The summed E-state index contributed by atoms with van der Waals surface area (Å²) in [5, 5.41) is 15.7. The highest BCUT2D eigenvalue weighted by molar-refractivity contribution is 5.98. The number of carboxylic acids is 1. The fourth-order valence-electron chi connectivity index (χ4n) is 1.89. The van der Waals surface area contributed by atoms with E-state index in [9.17, 15) is 14.7 Å². The maximum atomic E-state index is 12.1. The van der Waals surface area contributed by atoms with Gasteiger partial charge in [0.1, 0.15) is 0 Å². The van der Waals surface area contributed by atoms with Crippen molar-refractivity contribution in [2.45, 2.75) is 18.9 Å². The number of carbonyl (C=O) groups excluding carboxylic acids is 1. The van der Waals surface area contributed by atoms with Gasteiger partial charge < -0.3 is 15.2 Å². The molecule has 7 heteroatoms. The second-order valence-corrected chi connectivity index (χ2v) is 4.41. The maximum Gasteiger partial charge on any atom is 0.331 e. The Kier molecular flexibility index (Phi) is 3.08. The molecule has 0 saturated carbocycles. The van der Waals surface area contributed by atoms with Gasteiger partial charge in [0.25, 0.3) is 5.91 Å². The minimum absolute atomic E-state index is 0.00656. The number of amides is 1. The van der Waals surface area contributed by atoms with E-state index in [2.05, 4.69) is 10.4 Å². The lowest BCUT2D eigenvalue weighted by atomic mass is 9.98. The zero-order valence-corrected chi connectivity index (χ0v) is 10.3. The zero-order valence-electron chi connectivity index (χ0n) is 10.3. The lowest BCUT2D eigenvalue weighted by molar-refractivity contribution is -0.144. The molecule has 1 amide bonds. The molecule has 2 rings (SSSR count). The van der Waals surface area contributed by atoms with Crippen LogP contribution in [0.25, 0.3) is 0 Å². The van der Waals surface area contributed by atoms with Crippen LogP contribution in [0.5, 0.6) is 0 Å². The summed E-state index contributed by atoms with van der Waals surface area (Å²) in [7, 11) is 1.72. The normalized spacial score (nSPS) is 23.0. The van der Waals surface area contributed by atoms with Crippen LogP contribution >= 0.6 is 0 Å². The van der Waals surface area contributed by atoms with Gasteiger partial charge in [-0.2, -0.15) is 5.10 Å². The summed E-state index contributed by atoms with van der Waals surface area (Å²) in [5.74, 6) is -1.51. The van der Waals surface area contributed by atoms with Crippen LogP contribution in [-0.2, 0) is 16.6 Å². The van der Waals surface area contributed by atoms with E-state index in [-0.39, 0.29) is 13.0 Å². The first kappa shape index (κ1) is 12.6. The SMILES string of the molecule is Cc1c(C(=O)NC2(C(=O)O)CCOC2)cnn1C. The molecule has 0 aliphatic carbocycles. The summed E-state index contributed by atoms with van der Waals surface area (Å²) in [6.45, 7) is 2.08. The number of hydrogen-bond donors (Lipinski definition) is 2. The number of ether oxygens (including phenoxy) is 1. The van der Waals surface area contributed by atoms with Crippen LogP contribution in [0.15, 0.2) is 6.20 Å². The molecule has 1 fully saturated rings. The average molecular weight is 253 g/mol. The molecule has 1 aliphatic heterocycles. The van der Waals surface area contributed by atoms with Gasteiger partial charge in [0.15, 0.2) is 5.54 Å². The smallest absolute Gasteiger partial charge is 0.331 e. The summed E-state index contributed by atoms with van der Waals surface area (Å²) in [6, 6.07) is 0. The maximum absolute atomic E-state index is 12.1. The van der Waals surface area contributed by atoms with Crippen molar-refractivity contribution in [3.05, 3.63) is 17.5 Å². The third-order valence-corrected chi connectivity index (χ3v) is 3.26. The predicted octanol–water partition coefficient (Wildman–Crippen LogP) is -0.298. The number of aryl methyl sites for hydroxylation is 1. The van der Waals surface area contributed by atoms with Gasteiger partial charge in [-0.3, -0.25) is 9.48 Å². The first-order chi connectivity index (χ1) is 8.46. The first-order valence-electron chi connectivity index (χ1n) is 5.58. The van der Waals surface area contributed by atoms with E-state index >= 15 is 0 Å². The lowest BCUT2D eigenvalue weighted by Crippen LogP contribution is -2.55. The Labute approximate surface area is 104 Å². The highest BCUT2D eigenvalue weighted by Gasteiger charge is 2.44. The molecule has 0 spiro atoms. The van der Waals surface area contributed by atoms with Crippen LogP contribution in [-0.4, -0.2) is 45.5 Å². The predicted molar refractivity (Wildman–Crippen MR) is 61.2 cm³/mol. The van der Waals surface area contributed by atoms with E-state index in [1.54, 1.807) is 18.7 Å². The van der Waals surface area contributed by atoms with Crippen LogP contribution in [0.4, 0.5) is 0 Å². The number of aromatic nitrogens is 2. The van der Waals surface area contributed by atoms with Gasteiger partial charge in [0.2, 0.25) is 0 Å². The van der Waals surface area contributed by atoms with Gasteiger partial charge in [-0.1, -0.05) is 0 Å². The van der Waals surface area contributed by atoms with Crippen molar-refractivity contribution in [2.24, 2.45) is 7.05 Å². The highest BCUT2D eigenvalue weighted by Crippen LogP contribution is 2.20. The molecule has 0 aromatic carbocycles. The van der Waals surface area contributed by atoms with Gasteiger partial charge in [0.05, 0.1) is 18.4 Å². The molecule has 1 aliphatic rings. The Morgan fingerprint density at radius 2 is 2.33 bits per heavy atom. The van der Waals surface area contributed by atoms with Crippen molar-refractivity contribution < 1.29 is 19.4 Å². The number of carboxylic acid groups (broad SMARTS) is 1. The quantitative estimate of drug-likeness (QED) is 0.771. The first-order valence-corrected chi connectivity index (χ1v) is 5.58. The van der Waals surface area contributed by atoms with Crippen LogP contribution in [0.2, 0.25) is 0 Å². The number of rotatable bonds is 3. The summed E-state index contributed by atoms with van der Waals surface area (Å²) < 4.78 is 6.64. The Morgan fingerprint density at radius 1 is 1.61 bits per heavy atom. The molecule has 2 heterocycles.